The third-order valence-electron chi connectivity index (χ3n) is 3.57. The lowest BCUT2D eigenvalue weighted by Crippen LogP contribution is -2.44. The number of rotatable bonds is 3. The van der Waals surface area contributed by atoms with Crippen molar-refractivity contribution in [2.24, 2.45) is 0 Å². The van der Waals surface area contributed by atoms with E-state index < -0.39 is 0 Å². The largest absolute Gasteiger partial charge is 0.345 e. The van der Waals surface area contributed by atoms with Gasteiger partial charge >= 0.3 is 0 Å². The summed E-state index contributed by atoms with van der Waals surface area (Å²) in [6, 6.07) is 9.90. The molecule has 1 aliphatic rings. The normalized spacial score (nSPS) is 16.4. The number of anilines is 1. The summed E-state index contributed by atoms with van der Waals surface area (Å²) in [5.74, 6) is 0. The van der Waals surface area contributed by atoms with E-state index in [1.165, 1.54) is 11.3 Å². The smallest absolute Gasteiger partial charge is 0.186 e. The molecule has 1 fully saturated rings. The lowest BCUT2D eigenvalue weighted by atomic mass is 10.1. The van der Waals surface area contributed by atoms with E-state index in [1.807, 2.05) is 30.3 Å². The predicted molar refractivity (Wildman–Crippen MR) is 82.6 cm³/mol. The van der Waals surface area contributed by atoms with Gasteiger partial charge in [0.2, 0.25) is 0 Å². The molecule has 0 unspecified atom stereocenters. The van der Waals surface area contributed by atoms with E-state index in [0.717, 1.165) is 48.9 Å². The topological polar surface area (TPSA) is 36.4 Å². The molecular weight excluding hydrogens is 270 g/mol. The quantitative estimate of drug-likeness (QED) is 0.812. The van der Waals surface area contributed by atoms with E-state index in [0.29, 0.717) is 4.88 Å². The standard InChI is InChI=1S/C15H17N3OS/c1-17-7-9-18(10-8-17)15-16-14(13(11-19)20-15)12-5-3-2-4-6-12/h2-6,11H,7-10H2,1H3. The van der Waals surface area contributed by atoms with Gasteiger partial charge in [-0.2, -0.15) is 0 Å². The van der Waals surface area contributed by atoms with Crippen molar-refractivity contribution in [3.63, 3.8) is 0 Å². The van der Waals surface area contributed by atoms with Crippen LogP contribution in [0.15, 0.2) is 30.3 Å². The molecule has 0 radical (unpaired) electrons. The highest BCUT2D eigenvalue weighted by molar-refractivity contribution is 7.17. The van der Waals surface area contributed by atoms with Gasteiger partial charge < -0.3 is 9.80 Å². The number of hydrogen-bond acceptors (Lipinski definition) is 5. The van der Waals surface area contributed by atoms with E-state index in [4.69, 9.17) is 4.98 Å². The molecule has 1 aromatic heterocycles. The van der Waals surface area contributed by atoms with Gasteiger partial charge in [-0.1, -0.05) is 41.7 Å². The number of benzene rings is 1. The number of thiazole rings is 1. The monoisotopic (exact) mass is 287 g/mol. The maximum atomic E-state index is 11.3. The van der Waals surface area contributed by atoms with Crippen LogP contribution in [0.25, 0.3) is 11.3 Å². The molecule has 0 aliphatic carbocycles. The number of carbonyl (C=O) groups is 1. The Hall–Kier alpha value is -1.72. The molecule has 4 nitrogen and oxygen atoms in total. The van der Waals surface area contributed by atoms with Gasteiger partial charge in [0.25, 0.3) is 0 Å². The highest BCUT2D eigenvalue weighted by Crippen LogP contribution is 2.32. The minimum atomic E-state index is 0.713. The SMILES string of the molecule is CN1CCN(c2nc(-c3ccccc3)c(C=O)s2)CC1. The van der Waals surface area contributed by atoms with Crippen LogP contribution in [0.5, 0.6) is 0 Å². The van der Waals surface area contributed by atoms with Crippen LogP contribution in [0, 0.1) is 0 Å². The van der Waals surface area contributed by atoms with E-state index in [1.54, 1.807) is 0 Å². The first kappa shape index (κ1) is 13.3. The van der Waals surface area contributed by atoms with Crippen molar-refractivity contribution in [1.82, 2.24) is 9.88 Å². The molecule has 2 heterocycles. The molecule has 1 aromatic carbocycles. The molecule has 0 saturated carbocycles. The van der Waals surface area contributed by atoms with Crippen molar-refractivity contribution >= 4 is 22.8 Å². The number of likely N-dealkylation sites (N-methyl/N-ethyl adjacent to an activating group) is 1. The highest BCUT2D eigenvalue weighted by atomic mass is 32.1. The Morgan fingerprint density at radius 3 is 2.50 bits per heavy atom. The third kappa shape index (κ3) is 2.59. The van der Waals surface area contributed by atoms with Crippen LogP contribution in [0.1, 0.15) is 9.67 Å². The molecule has 0 amide bonds. The Balaban J connectivity index is 1.91. The molecule has 3 rings (SSSR count). The third-order valence-corrected chi connectivity index (χ3v) is 4.61. The second-order valence-corrected chi connectivity index (χ2v) is 5.99. The summed E-state index contributed by atoms with van der Waals surface area (Å²) in [7, 11) is 2.13. The number of nitrogens with zero attached hydrogens (tertiary/aromatic N) is 3. The Bertz CT molecular complexity index is 588. The van der Waals surface area contributed by atoms with E-state index in [-0.39, 0.29) is 0 Å². The summed E-state index contributed by atoms with van der Waals surface area (Å²) in [6.45, 7) is 4.01. The van der Waals surface area contributed by atoms with Crippen molar-refractivity contribution in [3.8, 4) is 11.3 Å². The average Bonchev–Trinajstić information content (AvgIpc) is 2.93. The molecule has 0 bridgehead atoms. The van der Waals surface area contributed by atoms with Crippen LogP contribution < -0.4 is 4.90 Å². The minimum Gasteiger partial charge on any atom is -0.345 e. The zero-order valence-corrected chi connectivity index (χ0v) is 12.3. The fourth-order valence-corrected chi connectivity index (χ4v) is 3.29. The number of hydrogen-bond donors (Lipinski definition) is 0. The van der Waals surface area contributed by atoms with Crippen LogP contribution in [-0.2, 0) is 0 Å². The maximum Gasteiger partial charge on any atom is 0.186 e. The van der Waals surface area contributed by atoms with E-state index >= 15 is 0 Å². The zero-order chi connectivity index (χ0) is 13.9. The first-order chi connectivity index (χ1) is 9.78. The Kier molecular flexibility index (Phi) is 3.80. The van der Waals surface area contributed by atoms with Crippen LogP contribution >= 0.6 is 11.3 Å². The summed E-state index contributed by atoms with van der Waals surface area (Å²) in [6.07, 6.45) is 0.916. The first-order valence-corrected chi connectivity index (χ1v) is 7.54. The summed E-state index contributed by atoms with van der Waals surface area (Å²) >= 11 is 1.49. The van der Waals surface area contributed by atoms with Gasteiger partial charge in [-0.25, -0.2) is 4.98 Å². The molecular formula is C15H17N3OS. The van der Waals surface area contributed by atoms with Crippen molar-refractivity contribution < 1.29 is 4.79 Å². The van der Waals surface area contributed by atoms with Gasteiger partial charge in [-0.05, 0) is 7.05 Å². The molecule has 1 aliphatic heterocycles. The van der Waals surface area contributed by atoms with Gasteiger partial charge in [0.05, 0.1) is 10.6 Å². The fraction of sp³-hybridized carbons (Fsp3) is 0.333. The second-order valence-electron chi connectivity index (χ2n) is 4.98. The molecule has 5 heteroatoms. The molecule has 1 saturated heterocycles. The average molecular weight is 287 g/mol. The Morgan fingerprint density at radius 2 is 1.85 bits per heavy atom. The molecule has 104 valence electrons. The van der Waals surface area contributed by atoms with Gasteiger partial charge in [-0.3, -0.25) is 4.79 Å². The molecule has 0 N–H and O–H groups in total. The lowest BCUT2D eigenvalue weighted by Gasteiger charge is -2.32. The zero-order valence-electron chi connectivity index (χ0n) is 11.5. The van der Waals surface area contributed by atoms with Crippen LogP contribution in [0.4, 0.5) is 5.13 Å². The lowest BCUT2D eigenvalue weighted by molar-refractivity contribution is 0.112. The maximum absolute atomic E-state index is 11.3. The minimum absolute atomic E-state index is 0.713. The van der Waals surface area contributed by atoms with Crippen molar-refractivity contribution in [1.29, 1.82) is 0 Å². The van der Waals surface area contributed by atoms with Gasteiger partial charge in [0.1, 0.15) is 0 Å². The summed E-state index contributed by atoms with van der Waals surface area (Å²) in [5, 5.41) is 0.957. The van der Waals surface area contributed by atoms with Crippen molar-refractivity contribution in [3.05, 3.63) is 35.2 Å². The van der Waals surface area contributed by atoms with Crippen molar-refractivity contribution in [2.45, 2.75) is 0 Å². The predicted octanol–water partition coefficient (Wildman–Crippen LogP) is 2.37. The molecule has 0 spiro atoms. The van der Waals surface area contributed by atoms with Gasteiger partial charge in [0, 0.05) is 31.7 Å². The molecule has 2 aromatic rings. The number of piperazine rings is 1. The summed E-state index contributed by atoms with van der Waals surface area (Å²) < 4.78 is 0. The number of carbonyl (C=O) groups excluding carboxylic acids is 1. The van der Waals surface area contributed by atoms with Crippen LogP contribution in [0.3, 0.4) is 0 Å². The Labute approximate surface area is 122 Å². The van der Waals surface area contributed by atoms with Crippen LogP contribution in [-0.4, -0.2) is 49.4 Å². The van der Waals surface area contributed by atoms with Gasteiger partial charge in [0.15, 0.2) is 11.4 Å². The highest BCUT2D eigenvalue weighted by Gasteiger charge is 2.20. The number of aromatic nitrogens is 1. The number of aldehydes is 1. The van der Waals surface area contributed by atoms with Crippen LogP contribution in [0.2, 0.25) is 0 Å². The fourth-order valence-electron chi connectivity index (χ4n) is 2.34. The summed E-state index contributed by atoms with van der Waals surface area (Å²) in [4.78, 5) is 21.3. The van der Waals surface area contributed by atoms with E-state index in [2.05, 4.69) is 16.8 Å². The molecule has 0 atom stereocenters. The second kappa shape index (κ2) is 5.73. The van der Waals surface area contributed by atoms with Crippen molar-refractivity contribution in [2.75, 3.05) is 38.1 Å². The Morgan fingerprint density at radius 1 is 1.15 bits per heavy atom. The van der Waals surface area contributed by atoms with Gasteiger partial charge in [-0.15, -0.1) is 0 Å². The first-order valence-electron chi connectivity index (χ1n) is 6.73. The molecule has 20 heavy (non-hydrogen) atoms. The summed E-state index contributed by atoms with van der Waals surface area (Å²) in [5.41, 5.74) is 1.81. The van der Waals surface area contributed by atoms with E-state index in [9.17, 15) is 4.79 Å².